The molecule has 1 amide bonds. The molecule has 1 unspecified atom stereocenters. The maximum atomic E-state index is 12.1. The van der Waals surface area contributed by atoms with E-state index in [1.807, 2.05) is 36.2 Å². The van der Waals surface area contributed by atoms with Gasteiger partial charge in [-0.25, -0.2) is 0 Å². The van der Waals surface area contributed by atoms with Gasteiger partial charge in [0.2, 0.25) is 5.91 Å². The lowest BCUT2D eigenvalue weighted by atomic mass is 10.1. The Morgan fingerprint density at radius 2 is 2.28 bits per heavy atom. The van der Waals surface area contributed by atoms with Gasteiger partial charge in [-0.1, -0.05) is 34.1 Å². The van der Waals surface area contributed by atoms with Gasteiger partial charge in [-0.3, -0.25) is 4.79 Å². The summed E-state index contributed by atoms with van der Waals surface area (Å²) in [5.74, 6) is 0.798. The zero-order valence-electron chi connectivity index (χ0n) is 10.7. The average molecular weight is 311 g/mol. The Labute approximate surface area is 117 Å². The molecule has 1 saturated heterocycles. The fourth-order valence-electron chi connectivity index (χ4n) is 2.30. The summed E-state index contributed by atoms with van der Waals surface area (Å²) in [7, 11) is 1.90. The first-order valence-electron chi connectivity index (χ1n) is 6.35. The van der Waals surface area contributed by atoms with Crippen molar-refractivity contribution in [1.29, 1.82) is 0 Å². The highest BCUT2D eigenvalue weighted by molar-refractivity contribution is 9.10. The van der Waals surface area contributed by atoms with Gasteiger partial charge < -0.3 is 10.2 Å². The van der Waals surface area contributed by atoms with E-state index in [4.69, 9.17) is 0 Å². The van der Waals surface area contributed by atoms with E-state index < -0.39 is 0 Å². The van der Waals surface area contributed by atoms with Crippen molar-refractivity contribution >= 4 is 21.8 Å². The van der Waals surface area contributed by atoms with Gasteiger partial charge in [-0.05, 0) is 37.1 Å². The fourth-order valence-corrected chi connectivity index (χ4v) is 2.72. The monoisotopic (exact) mass is 310 g/mol. The molecule has 98 valence electrons. The third-order valence-electron chi connectivity index (χ3n) is 3.42. The number of amides is 1. The molecule has 0 radical (unpaired) electrons. The van der Waals surface area contributed by atoms with E-state index in [1.54, 1.807) is 0 Å². The van der Waals surface area contributed by atoms with Gasteiger partial charge in [0.25, 0.3) is 0 Å². The molecule has 4 heteroatoms. The van der Waals surface area contributed by atoms with Crippen LogP contribution in [0.4, 0.5) is 0 Å². The molecule has 0 aromatic heterocycles. The summed E-state index contributed by atoms with van der Waals surface area (Å²) >= 11 is 3.48. The molecule has 1 fully saturated rings. The predicted octanol–water partition coefficient (Wildman–Crippen LogP) is 2.06. The number of halogens is 1. The molecular formula is C14H19BrN2O. The lowest BCUT2D eigenvalue weighted by molar-refractivity contribution is -0.129. The number of nitrogens with zero attached hydrogens (tertiary/aromatic N) is 1. The predicted molar refractivity (Wildman–Crippen MR) is 76.5 cm³/mol. The number of hydrogen-bond acceptors (Lipinski definition) is 2. The molecule has 1 N–H and O–H groups in total. The summed E-state index contributed by atoms with van der Waals surface area (Å²) in [6, 6.07) is 7.90. The van der Waals surface area contributed by atoms with Gasteiger partial charge >= 0.3 is 0 Å². The molecule has 0 spiro atoms. The number of nitrogens with one attached hydrogen (secondary N) is 1. The van der Waals surface area contributed by atoms with Gasteiger partial charge in [0, 0.05) is 18.1 Å². The number of likely N-dealkylation sites (N-methyl/N-ethyl adjacent to an activating group) is 1. The molecule has 1 aliphatic rings. The highest BCUT2D eigenvalue weighted by Crippen LogP contribution is 2.17. The third-order valence-corrected chi connectivity index (χ3v) is 4.19. The minimum Gasteiger partial charge on any atom is -0.345 e. The largest absolute Gasteiger partial charge is 0.345 e. The zero-order valence-corrected chi connectivity index (χ0v) is 12.2. The number of rotatable bonds is 4. The van der Waals surface area contributed by atoms with E-state index in [1.165, 1.54) is 6.42 Å². The SMILES string of the molecule is CN(CC1CCNC1)C(=O)Cc1ccccc1Br. The van der Waals surface area contributed by atoms with Gasteiger partial charge in [-0.15, -0.1) is 0 Å². The molecule has 1 atom stereocenters. The molecule has 1 heterocycles. The number of benzene rings is 1. The third kappa shape index (κ3) is 3.56. The van der Waals surface area contributed by atoms with Crippen LogP contribution in [0, 0.1) is 5.92 Å². The Morgan fingerprint density at radius 1 is 1.50 bits per heavy atom. The lowest BCUT2D eigenvalue weighted by Crippen LogP contribution is -2.33. The smallest absolute Gasteiger partial charge is 0.226 e. The summed E-state index contributed by atoms with van der Waals surface area (Å²) in [6.07, 6.45) is 1.64. The summed E-state index contributed by atoms with van der Waals surface area (Å²) in [6.45, 7) is 2.97. The first-order chi connectivity index (χ1) is 8.66. The molecule has 0 aliphatic carbocycles. The summed E-state index contributed by atoms with van der Waals surface area (Å²) < 4.78 is 1.01. The lowest BCUT2D eigenvalue weighted by Gasteiger charge is -2.21. The minimum absolute atomic E-state index is 0.189. The standard InChI is InChI=1S/C14H19BrN2O/c1-17(10-11-6-7-16-9-11)14(18)8-12-4-2-3-5-13(12)15/h2-5,11,16H,6-10H2,1H3. The molecular weight excluding hydrogens is 292 g/mol. The molecule has 1 aromatic carbocycles. The second kappa shape index (κ2) is 6.34. The number of hydrogen-bond donors (Lipinski definition) is 1. The summed E-state index contributed by atoms with van der Waals surface area (Å²) in [5.41, 5.74) is 1.05. The van der Waals surface area contributed by atoms with Crippen molar-refractivity contribution in [3.8, 4) is 0 Å². The molecule has 1 aromatic rings. The Hall–Kier alpha value is -0.870. The highest BCUT2D eigenvalue weighted by Gasteiger charge is 2.19. The molecule has 0 saturated carbocycles. The molecule has 0 bridgehead atoms. The molecule has 3 nitrogen and oxygen atoms in total. The van der Waals surface area contributed by atoms with Crippen molar-refractivity contribution in [2.75, 3.05) is 26.7 Å². The molecule has 18 heavy (non-hydrogen) atoms. The normalized spacial score (nSPS) is 18.9. The second-order valence-electron chi connectivity index (χ2n) is 4.90. The van der Waals surface area contributed by atoms with E-state index in [0.717, 1.165) is 29.7 Å². The number of carbonyl (C=O) groups is 1. The van der Waals surface area contributed by atoms with Gasteiger partial charge in [-0.2, -0.15) is 0 Å². The first kappa shape index (κ1) is 13.6. The Bertz CT molecular complexity index is 416. The van der Waals surface area contributed by atoms with Crippen molar-refractivity contribution in [2.45, 2.75) is 12.8 Å². The van der Waals surface area contributed by atoms with Crippen LogP contribution in [-0.2, 0) is 11.2 Å². The Kier molecular flexibility index (Phi) is 4.78. The van der Waals surface area contributed by atoms with Crippen LogP contribution in [0.5, 0.6) is 0 Å². The highest BCUT2D eigenvalue weighted by atomic mass is 79.9. The van der Waals surface area contributed by atoms with Crippen LogP contribution in [-0.4, -0.2) is 37.5 Å². The van der Waals surface area contributed by atoms with Gasteiger partial charge in [0.1, 0.15) is 0 Å². The van der Waals surface area contributed by atoms with Crippen molar-refractivity contribution in [1.82, 2.24) is 10.2 Å². The van der Waals surface area contributed by atoms with E-state index in [-0.39, 0.29) is 5.91 Å². The van der Waals surface area contributed by atoms with Crippen molar-refractivity contribution < 1.29 is 4.79 Å². The Morgan fingerprint density at radius 3 is 2.94 bits per heavy atom. The van der Waals surface area contributed by atoms with Crippen LogP contribution in [0.15, 0.2) is 28.7 Å². The van der Waals surface area contributed by atoms with Crippen molar-refractivity contribution in [3.63, 3.8) is 0 Å². The van der Waals surface area contributed by atoms with Crippen molar-refractivity contribution in [3.05, 3.63) is 34.3 Å². The van der Waals surface area contributed by atoms with Crippen LogP contribution in [0.3, 0.4) is 0 Å². The quantitative estimate of drug-likeness (QED) is 0.923. The molecule has 1 aliphatic heterocycles. The number of carbonyl (C=O) groups excluding carboxylic acids is 1. The molecule has 2 rings (SSSR count). The zero-order chi connectivity index (χ0) is 13.0. The average Bonchev–Trinajstić information content (AvgIpc) is 2.84. The van der Waals surface area contributed by atoms with E-state index in [9.17, 15) is 4.79 Å². The van der Waals surface area contributed by atoms with Crippen molar-refractivity contribution in [2.24, 2.45) is 5.92 Å². The van der Waals surface area contributed by atoms with Crippen LogP contribution < -0.4 is 5.32 Å². The van der Waals surface area contributed by atoms with Crippen LogP contribution >= 0.6 is 15.9 Å². The maximum absolute atomic E-state index is 12.1. The van der Waals surface area contributed by atoms with E-state index >= 15 is 0 Å². The van der Waals surface area contributed by atoms with Crippen LogP contribution in [0.25, 0.3) is 0 Å². The van der Waals surface area contributed by atoms with Crippen LogP contribution in [0.2, 0.25) is 0 Å². The maximum Gasteiger partial charge on any atom is 0.226 e. The summed E-state index contributed by atoms with van der Waals surface area (Å²) in [4.78, 5) is 14.0. The topological polar surface area (TPSA) is 32.3 Å². The van der Waals surface area contributed by atoms with E-state index in [2.05, 4.69) is 21.2 Å². The van der Waals surface area contributed by atoms with Gasteiger partial charge in [0.15, 0.2) is 0 Å². The second-order valence-corrected chi connectivity index (χ2v) is 5.76. The Balaban J connectivity index is 1.89. The van der Waals surface area contributed by atoms with E-state index in [0.29, 0.717) is 12.3 Å². The van der Waals surface area contributed by atoms with Crippen LogP contribution in [0.1, 0.15) is 12.0 Å². The fraction of sp³-hybridized carbons (Fsp3) is 0.500. The first-order valence-corrected chi connectivity index (χ1v) is 7.14. The minimum atomic E-state index is 0.189. The summed E-state index contributed by atoms with van der Waals surface area (Å²) in [5, 5.41) is 3.33. The van der Waals surface area contributed by atoms with Gasteiger partial charge in [0.05, 0.1) is 6.42 Å².